The molecule has 1 aliphatic heterocycles. The third-order valence-electron chi connectivity index (χ3n) is 4.40. The standard InChI is InChI=1S/C18H20N2O5/c1-23-8-9-24-18(22)16-14(11-4-3-7-20-10-11)15-12(21)5-2-6-13(15)25-17(16)19/h3-4,7,10,14,16,19H,2,5-6,8-9H2,1H3. The number of Topliss-reactive ketones (excluding diaryl/α,β-unsaturated/α-hetero) is 1. The van der Waals surface area contributed by atoms with Gasteiger partial charge in [0.1, 0.15) is 18.3 Å². The van der Waals surface area contributed by atoms with Crippen molar-refractivity contribution in [3.8, 4) is 0 Å². The van der Waals surface area contributed by atoms with E-state index in [0.29, 0.717) is 36.2 Å². The Morgan fingerprint density at radius 2 is 2.24 bits per heavy atom. The van der Waals surface area contributed by atoms with Crippen LogP contribution in [0.25, 0.3) is 0 Å². The summed E-state index contributed by atoms with van der Waals surface area (Å²) in [5.74, 6) is -1.94. The van der Waals surface area contributed by atoms with Gasteiger partial charge in [0.25, 0.3) is 0 Å². The summed E-state index contributed by atoms with van der Waals surface area (Å²) in [6, 6.07) is 3.55. The van der Waals surface area contributed by atoms with Crippen LogP contribution in [0.1, 0.15) is 30.7 Å². The van der Waals surface area contributed by atoms with Gasteiger partial charge in [-0.1, -0.05) is 6.07 Å². The van der Waals surface area contributed by atoms with Crippen molar-refractivity contribution < 1.29 is 23.8 Å². The van der Waals surface area contributed by atoms with Gasteiger partial charge in [0.15, 0.2) is 5.78 Å². The van der Waals surface area contributed by atoms with Gasteiger partial charge in [0.05, 0.1) is 6.61 Å². The molecule has 1 aromatic rings. The van der Waals surface area contributed by atoms with E-state index in [9.17, 15) is 9.59 Å². The number of nitrogens with one attached hydrogen (secondary N) is 1. The average molecular weight is 344 g/mol. The summed E-state index contributed by atoms with van der Waals surface area (Å²) in [5, 5.41) is 8.21. The number of methoxy groups -OCH3 is 1. The highest BCUT2D eigenvalue weighted by Gasteiger charge is 2.46. The van der Waals surface area contributed by atoms with Gasteiger partial charge < -0.3 is 14.2 Å². The van der Waals surface area contributed by atoms with Crippen molar-refractivity contribution in [2.75, 3.05) is 20.3 Å². The van der Waals surface area contributed by atoms with Crippen LogP contribution >= 0.6 is 0 Å². The number of ether oxygens (including phenoxy) is 3. The predicted octanol–water partition coefficient (Wildman–Crippen LogP) is 1.99. The van der Waals surface area contributed by atoms with E-state index >= 15 is 0 Å². The van der Waals surface area contributed by atoms with Gasteiger partial charge in [0, 0.05) is 43.8 Å². The number of aromatic nitrogens is 1. The van der Waals surface area contributed by atoms with E-state index in [1.807, 2.05) is 0 Å². The number of pyridine rings is 1. The first-order chi connectivity index (χ1) is 12.1. The second kappa shape index (κ2) is 7.57. The Morgan fingerprint density at radius 3 is 2.96 bits per heavy atom. The molecule has 1 aliphatic carbocycles. The highest BCUT2D eigenvalue weighted by Crippen LogP contribution is 2.43. The van der Waals surface area contributed by atoms with Gasteiger partial charge in [-0.3, -0.25) is 20.0 Å². The highest BCUT2D eigenvalue weighted by atomic mass is 16.6. The Hall–Kier alpha value is -2.54. The number of nitrogens with zero attached hydrogens (tertiary/aromatic N) is 1. The number of hydrogen-bond acceptors (Lipinski definition) is 7. The number of carbonyl (C=O) groups is 2. The second-order valence-corrected chi connectivity index (χ2v) is 5.98. The number of ketones is 1. The normalized spacial score (nSPS) is 23.1. The maximum Gasteiger partial charge on any atom is 0.319 e. The fourth-order valence-corrected chi connectivity index (χ4v) is 3.28. The molecule has 0 saturated carbocycles. The predicted molar refractivity (Wildman–Crippen MR) is 88.0 cm³/mol. The van der Waals surface area contributed by atoms with Crippen LogP contribution in [0.5, 0.6) is 0 Å². The lowest BCUT2D eigenvalue weighted by Gasteiger charge is -2.35. The molecule has 1 N–H and O–H groups in total. The summed E-state index contributed by atoms with van der Waals surface area (Å²) >= 11 is 0. The lowest BCUT2D eigenvalue weighted by atomic mass is 9.74. The molecule has 0 radical (unpaired) electrons. The molecule has 7 heteroatoms. The van der Waals surface area contributed by atoms with Crippen molar-refractivity contribution in [1.82, 2.24) is 4.98 Å². The summed E-state index contributed by atoms with van der Waals surface area (Å²) in [7, 11) is 1.51. The van der Waals surface area contributed by atoms with E-state index in [4.69, 9.17) is 19.6 Å². The molecule has 2 aliphatic rings. The molecule has 0 saturated heterocycles. The largest absolute Gasteiger partial charge is 0.463 e. The van der Waals surface area contributed by atoms with Gasteiger partial charge in [-0.05, 0) is 18.1 Å². The Morgan fingerprint density at radius 1 is 1.40 bits per heavy atom. The van der Waals surface area contributed by atoms with Crippen molar-refractivity contribution in [2.24, 2.45) is 5.92 Å². The smallest absolute Gasteiger partial charge is 0.319 e. The van der Waals surface area contributed by atoms with Gasteiger partial charge >= 0.3 is 5.97 Å². The van der Waals surface area contributed by atoms with Gasteiger partial charge in [-0.2, -0.15) is 0 Å². The van der Waals surface area contributed by atoms with E-state index in [2.05, 4.69) is 4.98 Å². The molecule has 3 rings (SSSR count). The molecular formula is C18H20N2O5. The zero-order valence-corrected chi connectivity index (χ0v) is 14.0. The first-order valence-corrected chi connectivity index (χ1v) is 8.21. The Kier molecular flexibility index (Phi) is 5.23. The monoisotopic (exact) mass is 344 g/mol. The van der Waals surface area contributed by atoms with Gasteiger partial charge in [-0.15, -0.1) is 0 Å². The van der Waals surface area contributed by atoms with Crippen LogP contribution in [0.2, 0.25) is 0 Å². The lowest BCUT2D eigenvalue weighted by molar-refractivity contribution is -0.148. The van der Waals surface area contributed by atoms with Crippen molar-refractivity contribution in [3.05, 3.63) is 41.4 Å². The fraction of sp³-hybridized carbons (Fsp3) is 0.444. The SMILES string of the molecule is COCCOC(=O)C1C(=N)OC2=C(C(=O)CCC2)C1c1cccnc1. The van der Waals surface area contributed by atoms with Crippen molar-refractivity contribution >= 4 is 17.7 Å². The molecule has 2 atom stereocenters. The van der Waals surface area contributed by atoms with Crippen molar-refractivity contribution in [2.45, 2.75) is 25.2 Å². The number of allylic oxidation sites excluding steroid dienone is 2. The first kappa shape index (κ1) is 17.3. The third-order valence-corrected chi connectivity index (χ3v) is 4.40. The number of esters is 1. The molecule has 0 spiro atoms. The molecule has 0 bridgehead atoms. The van der Waals surface area contributed by atoms with Crippen LogP contribution in [-0.4, -0.2) is 43.0 Å². The molecule has 132 valence electrons. The van der Waals surface area contributed by atoms with E-state index in [1.54, 1.807) is 24.5 Å². The topological polar surface area (TPSA) is 98.6 Å². The lowest BCUT2D eigenvalue weighted by Crippen LogP contribution is -2.40. The highest BCUT2D eigenvalue weighted by molar-refractivity contribution is 6.06. The molecule has 0 amide bonds. The molecule has 2 unspecified atom stereocenters. The Balaban J connectivity index is 2.00. The number of rotatable bonds is 5. The van der Waals surface area contributed by atoms with Gasteiger partial charge in [0.2, 0.25) is 5.90 Å². The minimum Gasteiger partial charge on any atom is -0.463 e. The summed E-state index contributed by atoms with van der Waals surface area (Å²) in [5.41, 5.74) is 1.18. The molecule has 1 aromatic heterocycles. The molecule has 7 nitrogen and oxygen atoms in total. The summed E-state index contributed by atoms with van der Waals surface area (Å²) < 4.78 is 15.6. The summed E-state index contributed by atoms with van der Waals surface area (Å²) in [4.78, 5) is 29.2. The average Bonchev–Trinajstić information content (AvgIpc) is 2.61. The maximum atomic E-state index is 12.6. The van der Waals surface area contributed by atoms with Crippen LogP contribution < -0.4 is 0 Å². The van der Waals surface area contributed by atoms with Crippen LogP contribution in [0.3, 0.4) is 0 Å². The molecule has 0 fully saturated rings. The van der Waals surface area contributed by atoms with E-state index < -0.39 is 17.8 Å². The first-order valence-electron chi connectivity index (χ1n) is 8.21. The van der Waals surface area contributed by atoms with Crippen molar-refractivity contribution in [1.29, 1.82) is 5.41 Å². The minimum absolute atomic E-state index is 0.0442. The Bertz CT molecular complexity index is 713. The zero-order chi connectivity index (χ0) is 17.8. The maximum absolute atomic E-state index is 12.6. The Labute approximate surface area is 145 Å². The van der Waals surface area contributed by atoms with Crippen LogP contribution in [-0.2, 0) is 23.8 Å². The third kappa shape index (κ3) is 3.46. The summed E-state index contributed by atoms with van der Waals surface area (Å²) in [6.07, 6.45) is 4.93. The fourth-order valence-electron chi connectivity index (χ4n) is 3.28. The van der Waals surface area contributed by atoms with E-state index in [1.165, 1.54) is 7.11 Å². The quantitative estimate of drug-likeness (QED) is 0.648. The second-order valence-electron chi connectivity index (χ2n) is 5.98. The van der Waals surface area contributed by atoms with Crippen molar-refractivity contribution in [3.63, 3.8) is 0 Å². The molecule has 0 aromatic carbocycles. The van der Waals surface area contributed by atoms with Crippen LogP contribution in [0, 0.1) is 11.3 Å². The molecule has 2 heterocycles. The molecule has 25 heavy (non-hydrogen) atoms. The number of carbonyl (C=O) groups excluding carboxylic acids is 2. The van der Waals surface area contributed by atoms with Crippen LogP contribution in [0.4, 0.5) is 0 Å². The van der Waals surface area contributed by atoms with Crippen LogP contribution in [0.15, 0.2) is 35.9 Å². The zero-order valence-electron chi connectivity index (χ0n) is 14.0. The van der Waals surface area contributed by atoms with E-state index in [0.717, 1.165) is 0 Å². The van der Waals surface area contributed by atoms with Gasteiger partial charge in [-0.25, -0.2) is 0 Å². The molecular weight excluding hydrogens is 324 g/mol. The number of hydrogen-bond donors (Lipinski definition) is 1. The minimum atomic E-state index is -0.998. The summed E-state index contributed by atoms with van der Waals surface area (Å²) in [6.45, 7) is 0.343. The van der Waals surface area contributed by atoms with E-state index in [-0.39, 0.29) is 24.9 Å².